The third kappa shape index (κ3) is 2.86. The lowest BCUT2D eigenvalue weighted by molar-refractivity contribution is -0.0456. The molecular weight excluding hydrogens is 298 g/mol. The van der Waals surface area contributed by atoms with Gasteiger partial charge in [0.15, 0.2) is 0 Å². The maximum Gasteiger partial charge on any atom is 0.337 e. The van der Waals surface area contributed by atoms with Crippen LogP contribution in [0.4, 0.5) is 8.78 Å². The van der Waals surface area contributed by atoms with Gasteiger partial charge in [0.05, 0.1) is 0 Å². The molecule has 2 N–H and O–H groups in total. The van der Waals surface area contributed by atoms with Gasteiger partial charge in [0.25, 0.3) is 5.56 Å². The topological polar surface area (TPSA) is 95.9 Å². The van der Waals surface area contributed by atoms with Gasteiger partial charge in [-0.3, -0.25) is 14.8 Å². The summed E-state index contributed by atoms with van der Waals surface area (Å²) in [6.45, 7) is 0. The van der Waals surface area contributed by atoms with Gasteiger partial charge in [0, 0.05) is 18.9 Å². The largest absolute Gasteiger partial charge is 0.405 e. The molecule has 0 atom stereocenters. The highest BCUT2D eigenvalue weighted by Gasteiger charge is 2.35. The van der Waals surface area contributed by atoms with Crippen LogP contribution in [0, 0.1) is 5.92 Å². The highest BCUT2D eigenvalue weighted by Crippen LogP contribution is 2.37. The van der Waals surface area contributed by atoms with Crippen molar-refractivity contribution < 1.29 is 13.2 Å². The third-order valence-corrected chi connectivity index (χ3v) is 4.07. The van der Waals surface area contributed by atoms with E-state index in [1.54, 1.807) is 0 Å². The molecule has 0 spiro atoms. The molecule has 118 valence electrons. The third-order valence-electron chi connectivity index (χ3n) is 4.07. The molecule has 0 aromatic carbocycles. The molecular formula is C14H14F2N2O4. The fourth-order valence-electron chi connectivity index (χ4n) is 2.95. The molecule has 1 saturated carbocycles. The molecule has 1 fully saturated rings. The van der Waals surface area contributed by atoms with Crippen LogP contribution in [-0.2, 0) is 6.42 Å². The summed E-state index contributed by atoms with van der Waals surface area (Å²) >= 11 is 0. The highest BCUT2D eigenvalue weighted by molar-refractivity contribution is 5.75. The Morgan fingerprint density at radius 2 is 1.86 bits per heavy atom. The SMILES string of the molecule is O=c1[nH]c(=O)c2c(CC3CCC(F)(F)CC3)cc(=O)oc2[nH]1. The monoisotopic (exact) mass is 312 g/mol. The maximum atomic E-state index is 13.2. The average molecular weight is 312 g/mol. The Labute approximate surface area is 122 Å². The fourth-order valence-corrected chi connectivity index (χ4v) is 2.95. The van der Waals surface area contributed by atoms with Gasteiger partial charge in [-0.2, -0.15) is 0 Å². The van der Waals surface area contributed by atoms with Crippen molar-refractivity contribution in [3.8, 4) is 0 Å². The van der Waals surface area contributed by atoms with Gasteiger partial charge in [-0.1, -0.05) is 0 Å². The van der Waals surface area contributed by atoms with Gasteiger partial charge in [0.2, 0.25) is 11.6 Å². The number of H-pyrrole nitrogens is 2. The summed E-state index contributed by atoms with van der Waals surface area (Å²) in [5.41, 5.74) is -1.88. The Balaban J connectivity index is 1.99. The molecule has 0 saturated heterocycles. The van der Waals surface area contributed by atoms with Crippen molar-refractivity contribution in [3.05, 3.63) is 42.9 Å². The van der Waals surface area contributed by atoms with Gasteiger partial charge >= 0.3 is 11.3 Å². The Kier molecular flexibility index (Phi) is 3.46. The first-order valence-corrected chi connectivity index (χ1v) is 7.01. The molecule has 0 bridgehead atoms. The zero-order chi connectivity index (χ0) is 15.9. The Morgan fingerprint density at radius 1 is 1.18 bits per heavy atom. The molecule has 3 rings (SSSR count). The number of halogens is 2. The number of rotatable bonds is 2. The summed E-state index contributed by atoms with van der Waals surface area (Å²) < 4.78 is 31.2. The van der Waals surface area contributed by atoms with Crippen LogP contribution in [0.1, 0.15) is 31.2 Å². The second-order valence-corrected chi connectivity index (χ2v) is 5.71. The Hall–Kier alpha value is -2.25. The molecule has 0 radical (unpaired) electrons. The summed E-state index contributed by atoms with van der Waals surface area (Å²) in [5, 5.41) is 0.0940. The normalized spacial score (nSPS) is 18.6. The van der Waals surface area contributed by atoms with Gasteiger partial charge in [-0.25, -0.2) is 18.4 Å². The predicted molar refractivity (Wildman–Crippen MR) is 74.3 cm³/mol. The highest BCUT2D eigenvalue weighted by atomic mass is 19.3. The minimum absolute atomic E-state index is 0.0315. The van der Waals surface area contributed by atoms with Crippen molar-refractivity contribution in [2.45, 2.75) is 38.0 Å². The summed E-state index contributed by atoms with van der Waals surface area (Å²) in [7, 11) is 0. The van der Waals surface area contributed by atoms with E-state index in [1.165, 1.54) is 6.07 Å². The zero-order valence-electron chi connectivity index (χ0n) is 11.6. The zero-order valence-corrected chi connectivity index (χ0v) is 11.6. The first-order chi connectivity index (χ1) is 10.3. The van der Waals surface area contributed by atoms with Crippen molar-refractivity contribution in [2.75, 3.05) is 0 Å². The summed E-state index contributed by atoms with van der Waals surface area (Å²) in [5.74, 6) is -2.66. The number of aromatic nitrogens is 2. The molecule has 0 amide bonds. The molecule has 0 unspecified atom stereocenters. The van der Waals surface area contributed by atoms with E-state index >= 15 is 0 Å². The average Bonchev–Trinajstić information content (AvgIpc) is 2.39. The summed E-state index contributed by atoms with van der Waals surface area (Å²) in [6.07, 6.45) is 0.605. The van der Waals surface area contributed by atoms with Crippen molar-refractivity contribution in [1.82, 2.24) is 9.97 Å². The van der Waals surface area contributed by atoms with Crippen LogP contribution in [0.3, 0.4) is 0 Å². The van der Waals surface area contributed by atoms with Crippen LogP contribution in [0.15, 0.2) is 24.9 Å². The lowest BCUT2D eigenvalue weighted by atomic mass is 9.83. The van der Waals surface area contributed by atoms with E-state index in [0.717, 1.165) is 0 Å². The smallest absolute Gasteiger partial charge is 0.337 e. The Bertz CT molecular complexity index is 866. The number of alkyl halides is 2. The van der Waals surface area contributed by atoms with E-state index in [-0.39, 0.29) is 29.9 Å². The minimum atomic E-state index is -2.63. The number of hydrogen-bond acceptors (Lipinski definition) is 4. The van der Waals surface area contributed by atoms with E-state index in [9.17, 15) is 23.2 Å². The second-order valence-electron chi connectivity index (χ2n) is 5.71. The summed E-state index contributed by atoms with van der Waals surface area (Å²) in [6, 6.07) is 1.18. The molecule has 8 heteroatoms. The number of fused-ring (bicyclic) bond motifs is 1. The fraction of sp³-hybridized carbons (Fsp3) is 0.500. The van der Waals surface area contributed by atoms with Crippen LogP contribution < -0.4 is 16.9 Å². The van der Waals surface area contributed by atoms with Crippen LogP contribution in [0.5, 0.6) is 0 Å². The van der Waals surface area contributed by atoms with Crippen LogP contribution in [0.2, 0.25) is 0 Å². The van der Waals surface area contributed by atoms with Crippen LogP contribution in [0.25, 0.3) is 11.1 Å². The van der Waals surface area contributed by atoms with E-state index in [1.807, 2.05) is 0 Å². The van der Waals surface area contributed by atoms with Crippen molar-refractivity contribution >= 4 is 11.1 Å². The summed E-state index contributed by atoms with van der Waals surface area (Å²) in [4.78, 5) is 39.0. The lowest BCUT2D eigenvalue weighted by Crippen LogP contribution is -2.27. The lowest BCUT2D eigenvalue weighted by Gasteiger charge is -2.28. The van der Waals surface area contributed by atoms with Gasteiger partial charge in [0.1, 0.15) is 5.39 Å². The van der Waals surface area contributed by atoms with Gasteiger partial charge in [-0.15, -0.1) is 0 Å². The molecule has 2 aromatic heterocycles. The van der Waals surface area contributed by atoms with Crippen molar-refractivity contribution in [3.63, 3.8) is 0 Å². The minimum Gasteiger partial charge on any atom is -0.405 e. The molecule has 2 aromatic rings. The van der Waals surface area contributed by atoms with Crippen LogP contribution in [-0.4, -0.2) is 15.9 Å². The Morgan fingerprint density at radius 3 is 2.55 bits per heavy atom. The standard InChI is InChI=1S/C14H14F2N2O4/c15-14(16)3-1-7(2-4-14)5-8-6-9(19)22-12-10(8)11(20)17-13(21)18-12/h6-7H,1-5H2,(H2,17,18,20,21). The molecule has 0 aliphatic heterocycles. The number of aromatic amines is 2. The van der Waals surface area contributed by atoms with Gasteiger partial charge in [-0.05, 0) is 30.7 Å². The molecule has 6 nitrogen and oxygen atoms in total. The molecule has 1 aliphatic carbocycles. The van der Waals surface area contributed by atoms with E-state index in [2.05, 4.69) is 9.97 Å². The molecule has 1 aliphatic rings. The molecule has 2 heterocycles. The number of nitrogens with one attached hydrogen (secondary N) is 2. The van der Waals surface area contributed by atoms with E-state index in [4.69, 9.17) is 4.42 Å². The first-order valence-electron chi connectivity index (χ1n) is 7.01. The van der Waals surface area contributed by atoms with Crippen molar-refractivity contribution in [2.24, 2.45) is 5.92 Å². The molecule has 22 heavy (non-hydrogen) atoms. The van der Waals surface area contributed by atoms with Crippen LogP contribution >= 0.6 is 0 Å². The number of hydrogen-bond donors (Lipinski definition) is 2. The van der Waals surface area contributed by atoms with Gasteiger partial charge < -0.3 is 4.42 Å². The quantitative estimate of drug-likeness (QED) is 0.879. The van der Waals surface area contributed by atoms with E-state index < -0.39 is 22.8 Å². The maximum absolute atomic E-state index is 13.2. The first kappa shape index (κ1) is 14.7. The predicted octanol–water partition coefficient (Wildman–Crippen LogP) is 1.54. The van der Waals surface area contributed by atoms with Crippen molar-refractivity contribution in [1.29, 1.82) is 0 Å². The second kappa shape index (κ2) is 5.19. The van der Waals surface area contributed by atoms with E-state index in [0.29, 0.717) is 24.8 Å².